The number of aromatic nitrogens is 2. The molecule has 0 aromatic carbocycles. The molecule has 0 aliphatic rings. The van der Waals surface area contributed by atoms with Crippen molar-refractivity contribution in [2.45, 2.75) is 0 Å². The van der Waals surface area contributed by atoms with Gasteiger partial charge in [-0.1, -0.05) is 11.6 Å². The second-order valence-corrected chi connectivity index (χ2v) is 2.66. The molecule has 0 radical (unpaired) electrons. The Morgan fingerprint density at radius 1 is 1.45 bits per heavy atom. The molecule has 0 atom stereocenters. The summed E-state index contributed by atoms with van der Waals surface area (Å²) in [5, 5.41) is 1.38. The lowest BCUT2D eigenvalue weighted by molar-refractivity contribution is 1.33. The van der Waals surface area contributed by atoms with Gasteiger partial charge in [0, 0.05) is 11.6 Å². The number of aromatic amines is 1. The summed E-state index contributed by atoms with van der Waals surface area (Å²) in [4.78, 5) is 6.93. The fraction of sp³-hybridized carbons (Fsp3) is 0. The minimum atomic E-state index is 0.472. The van der Waals surface area contributed by atoms with Gasteiger partial charge in [-0.2, -0.15) is 0 Å². The summed E-state index contributed by atoms with van der Waals surface area (Å²) < 4.78 is 0. The molecule has 0 saturated carbocycles. The van der Waals surface area contributed by atoms with Crippen LogP contribution in [0.2, 0.25) is 5.15 Å². The predicted octanol–water partition coefficient (Wildman–Crippen LogP) is 1.80. The minimum absolute atomic E-state index is 0.472. The third kappa shape index (κ3) is 0.935. The van der Waals surface area contributed by atoms with E-state index in [4.69, 9.17) is 17.3 Å². The van der Waals surface area contributed by atoms with Crippen molar-refractivity contribution in [3.8, 4) is 0 Å². The summed E-state index contributed by atoms with van der Waals surface area (Å²) in [6, 6.07) is 3.56. The Hall–Kier alpha value is -1.22. The van der Waals surface area contributed by atoms with E-state index in [0.29, 0.717) is 10.8 Å². The Morgan fingerprint density at radius 2 is 2.27 bits per heavy atom. The zero-order valence-corrected chi connectivity index (χ0v) is 6.39. The molecule has 2 rings (SSSR count). The minimum Gasteiger partial charge on any atom is -0.397 e. The van der Waals surface area contributed by atoms with Crippen molar-refractivity contribution in [3.05, 3.63) is 23.5 Å². The number of anilines is 1. The van der Waals surface area contributed by atoms with Crippen LogP contribution in [0.25, 0.3) is 11.0 Å². The largest absolute Gasteiger partial charge is 0.397 e. The van der Waals surface area contributed by atoms with E-state index in [9.17, 15) is 0 Å². The lowest BCUT2D eigenvalue weighted by Gasteiger charge is -1.90. The second-order valence-electron chi connectivity index (χ2n) is 2.27. The number of halogens is 1. The van der Waals surface area contributed by atoms with Gasteiger partial charge in [0.1, 0.15) is 10.8 Å². The molecule has 0 amide bonds. The van der Waals surface area contributed by atoms with Crippen molar-refractivity contribution < 1.29 is 0 Å². The summed E-state index contributed by atoms with van der Waals surface area (Å²) >= 11 is 5.66. The Morgan fingerprint density at radius 3 is 3.09 bits per heavy atom. The SMILES string of the molecule is Nc1c[nH]c2nc(Cl)ccc12. The number of rotatable bonds is 0. The maximum atomic E-state index is 5.66. The summed E-state index contributed by atoms with van der Waals surface area (Å²) in [5.41, 5.74) is 7.04. The quantitative estimate of drug-likeness (QED) is 0.588. The fourth-order valence-electron chi connectivity index (χ4n) is 1.00. The first-order valence-corrected chi connectivity index (χ1v) is 3.54. The van der Waals surface area contributed by atoms with Crippen LogP contribution in [0.4, 0.5) is 5.69 Å². The smallest absolute Gasteiger partial charge is 0.141 e. The first kappa shape index (κ1) is 6.49. The molecule has 0 saturated heterocycles. The molecule has 2 aromatic rings. The molecule has 0 aliphatic heterocycles. The summed E-state index contributed by atoms with van der Waals surface area (Å²) in [7, 11) is 0. The van der Waals surface area contributed by atoms with E-state index in [1.807, 2.05) is 6.07 Å². The highest BCUT2D eigenvalue weighted by Crippen LogP contribution is 2.19. The van der Waals surface area contributed by atoms with E-state index in [1.165, 1.54) is 0 Å². The maximum absolute atomic E-state index is 5.66. The van der Waals surface area contributed by atoms with Crippen LogP contribution in [0, 0.1) is 0 Å². The Kier molecular flexibility index (Phi) is 1.26. The Labute approximate surface area is 68.2 Å². The number of nitrogens with one attached hydrogen (secondary N) is 1. The van der Waals surface area contributed by atoms with Crippen LogP contribution in [0.1, 0.15) is 0 Å². The van der Waals surface area contributed by atoms with Crippen LogP contribution in [0.15, 0.2) is 18.3 Å². The fourth-order valence-corrected chi connectivity index (χ4v) is 1.15. The van der Waals surface area contributed by atoms with Gasteiger partial charge in [0.2, 0.25) is 0 Å². The van der Waals surface area contributed by atoms with Gasteiger partial charge >= 0.3 is 0 Å². The summed E-state index contributed by atoms with van der Waals surface area (Å²) in [5.74, 6) is 0. The molecule has 0 fully saturated rings. The molecule has 4 heteroatoms. The molecule has 0 bridgehead atoms. The molecule has 2 aromatic heterocycles. The molecule has 0 spiro atoms. The van der Waals surface area contributed by atoms with Gasteiger partial charge in [-0.25, -0.2) is 4.98 Å². The molecule has 56 valence electrons. The van der Waals surface area contributed by atoms with Crippen LogP contribution in [-0.2, 0) is 0 Å². The maximum Gasteiger partial charge on any atom is 0.141 e. The Balaban J connectivity index is 2.86. The van der Waals surface area contributed by atoms with Gasteiger partial charge in [-0.15, -0.1) is 0 Å². The monoisotopic (exact) mass is 167 g/mol. The van der Waals surface area contributed by atoms with Crippen molar-refractivity contribution in [2.24, 2.45) is 0 Å². The van der Waals surface area contributed by atoms with Gasteiger partial charge in [-0.3, -0.25) is 0 Å². The highest BCUT2D eigenvalue weighted by molar-refractivity contribution is 6.29. The number of nitrogens with zero attached hydrogens (tertiary/aromatic N) is 1. The van der Waals surface area contributed by atoms with E-state index in [2.05, 4.69) is 9.97 Å². The number of hydrogen-bond acceptors (Lipinski definition) is 2. The van der Waals surface area contributed by atoms with Gasteiger partial charge < -0.3 is 10.7 Å². The highest BCUT2D eigenvalue weighted by atomic mass is 35.5. The topological polar surface area (TPSA) is 54.7 Å². The molecular weight excluding hydrogens is 162 g/mol. The van der Waals surface area contributed by atoms with E-state index >= 15 is 0 Å². The van der Waals surface area contributed by atoms with Crippen molar-refractivity contribution in [2.75, 3.05) is 5.73 Å². The second kappa shape index (κ2) is 2.13. The van der Waals surface area contributed by atoms with Crippen molar-refractivity contribution in [1.29, 1.82) is 0 Å². The zero-order chi connectivity index (χ0) is 7.84. The average molecular weight is 168 g/mol. The van der Waals surface area contributed by atoms with Gasteiger partial charge in [0.25, 0.3) is 0 Å². The van der Waals surface area contributed by atoms with E-state index in [-0.39, 0.29) is 0 Å². The molecule has 0 aliphatic carbocycles. The van der Waals surface area contributed by atoms with Gasteiger partial charge in [0.05, 0.1) is 5.69 Å². The first-order valence-electron chi connectivity index (χ1n) is 3.16. The van der Waals surface area contributed by atoms with Crippen LogP contribution in [0.5, 0.6) is 0 Å². The van der Waals surface area contributed by atoms with Gasteiger partial charge in [0.15, 0.2) is 0 Å². The average Bonchev–Trinajstić information content (AvgIpc) is 2.32. The molecule has 11 heavy (non-hydrogen) atoms. The third-order valence-corrected chi connectivity index (χ3v) is 1.75. The number of fused-ring (bicyclic) bond motifs is 1. The number of pyridine rings is 1. The molecule has 0 unspecified atom stereocenters. The van der Waals surface area contributed by atoms with Crippen LogP contribution >= 0.6 is 11.6 Å². The van der Waals surface area contributed by atoms with Crippen molar-refractivity contribution in [3.63, 3.8) is 0 Å². The lowest BCUT2D eigenvalue weighted by atomic mass is 10.3. The predicted molar refractivity (Wildman–Crippen MR) is 45.5 cm³/mol. The van der Waals surface area contributed by atoms with E-state index in [0.717, 1.165) is 11.0 Å². The summed E-state index contributed by atoms with van der Waals surface area (Å²) in [6.07, 6.45) is 1.70. The number of nitrogens with two attached hydrogens (primary N) is 1. The molecule has 3 nitrogen and oxygen atoms in total. The lowest BCUT2D eigenvalue weighted by Crippen LogP contribution is -1.80. The molecule has 2 heterocycles. The van der Waals surface area contributed by atoms with E-state index in [1.54, 1.807) is 12.3 Å². The van der Waals surface area contributed by atoms with Gasteiger partial charge in [-0.05, 0) is 12.1 Å². The first-order chi connectivity index (χ1) is 5.27. The molecular formula is C7H6ClN3. The Bertz CT molecular complexity index is 393. The van der Waals surface area contributed by atoms with Crippen LogP contribution in [-0.4, -0.2) is 9.97 Å². The third-order valence-electron chi connectivity index (χ3n) is 1.54. The van der Waals surface area contributed by atoms with Crippen LogP contribution in [0.3, 0.4) is 0 Å². The van der Waals surface area contributed by atoms with Crippen molar-refractivity contribution in [1.82, 2.24) is 9.97 Å². The number of hydrogen-bond donors (Lipinski definition) is 2. The standard InChI is InChI=1S/C7H6ClN3/c8-6-2-1-4-5(9)3-10-7(4)11-6/h1-3H,9H2,(H,10,11). The normalized spacial score (nSPS) is 10.6. The number of H-pyrrole nitrogens is 1. The zero-order valence-electron chi connectivity index (χ0n) is 5.63. The van der Waals surface area contributed by atoms with E-state index < -0.39 is 0 Å². The van der Waals surface area contributed by atoms with Crippen LogP contribution < -0.4 is 5.73 Å². The number of nitrogen functional groups attached to an aromatic ring is 1. The molecule has 3 N–H and O–H groups in total. The highest BCUT2D eigenvalue weighted by Gasteiger charge is 2.00. The van der Waals surface area contributed by atoms with Crippen molar-refractivity contribution >= 4 is 28.3 Å². The summed E-state index contributed by atoms with van der Waals surface area (Å²) in [6.45, 7) is 0.